The number of nitrogens with one attached hydrogen (secondary N) is 2. The smallest absolute Gasteiger partial charge is 0.259 e. The van der Waals surface area contributed by atoms with Crippen molar-refractivity contribution in [3.63, 3.8) is 0 Å². The quantitative estimate of drug-likeness (QED) is 0.690. The van der Waals surface area contributed by atoms with Crippen molar-refractivity contribution in [2.45, 2.75) is 0 Å². The molecule has 0 saturated carbocycles. The Morgan fingerprint density at radius 1 is 1.29 bits per heavy atom. The van der Waals surface area contributed by atoms with Crippen LogP contribution in [0.4, 0.5) is 0 Å². The molecule has 4 rings (SSSR count). The van der Waals surface area contributed by atoms with E-state index < -0.39 is 0 Å². The molecule has 2 aromatic heterocycles. The largest absolute Gasteiger partial charge is 0.338 e. The van der Waals surface area contributed by atoms with Crippen molar-refractivity contribution in [2.24, 2.45) is 4.99 Å². The van der Waals surface area contributed by atoms with Gasteiger partial charge >= 0.3 is 0 Å². The van der Waals surface area contributed by atoms with E-state index in [2.05, 4.69) is 25.3 Å². The number of pyridine rings is 1. The van der Waals surface area contributed by atoms with Gasteiger partial charge in [0.05, 0.1) is 17.6 Å². The minimum absolute atomic E-state index is 0.207. The predicted octanol–water partition coefficient (Wildman–Crippen LogP) is 3.11. The third-order valence-corrected chi connectivity index (χ3v) is 4.68. The minimum atomic E-state index is -0.207. The van der Waals surface area contributed by atoms with E-state index in [9.17, 15) is 4.79 Å². The molecular formula is C16H12ClN5OS. The van der Waals surface area contributed by atoms with Gasteiger partial charge in [-0.15, -0.1) is 0 Å². The fraction of sp³-hybridized carbons (Fsp3) is 0.125. The van der Waals surface area contributed by atoms with Gasteiger partial charge in [0, 0.05) is 17.5 Å². The molecule has 0 aliphatic carbocycles. The van der Waals surface area contributed by atoms with Gasteiger partial charge in [-0.05, 0) is 24.3 Å². The first kappa shape index (κ1) is 15.2. The maximum Gasteiger partial charge on any atom is 0.259 e. The second-order valence-corrected chi connectivity index (χ2v) is 6.62. The summed E-state index contributed by atoms with van der Waals surface area (Å²) in [5.41, 5.74) is 2.71. The molecule has 0 bridgehead atoms. The van der Waals surface area contributed by atoms with Crippen LogP contribution in [0.1, 0.15) is 10.4 Å². The molecule has 1 aliphatic rings. The number of carbonyl (C=O) groups is 1. The van der Waals surface area contributed by atoms with E-state index in [1.165, 1.54) is 0 Å². The molecule has 0 radical (unpaired) electrons. The molecular weight excluding hydrogens is 346 g/mol. The summed E-state index contributed by atoms with van der Waals surface area (Å²) in [6.07, 6.45) is 1.64. The first-order valence-electron chi connectivity index (χ1n) is 7.30. The van der Waals surface area contributed by atoms with E-state index in [1.54, 1.807) is 30.1 Å². The zero-order valence-corrected chi connectivity index (χ0v) is 14.0. The zero-order chi connectivity index (χ0) is 16.5. The molecule has 0 spiro atoms. The Morgan fingerprint density at radius 2 is 2.21 bits per heavy atom. The van der Waals surface area contributed by atoms with Crippen LogP contribution in [0.5, 0.6) is 0 Å². The second kappa shape index (κ2) is 6.26. The number of nitrogens with zero attached hydrogens (tertiary/aromatic N) is 3. The van der Waals surface area contributed by atoms with Gasteiger partial charge in [0.15, 0.2) is 5.17 Å². The number of thioether (sulfide) groups is 1. The maximum absolute atomic E-state index is 12.5. The Balaban J connectivity index is 1.71. The Hall–Kier alpha value is -2.38. The lowest BCUT2D eigenvalue weighted by atomic mass is 10.2. The number of fused-ring (bicyclic) bond motifs is 1. The number of aliphatic imine (C=N–C) groups is 1. The number of benzene rings is 1. The monoisotopic (exact) mass is 357 g/mol. The second-order valence-electron chi connectivity index (χ2n) is 5.15. The van der Waals surface area contributed by atoms with Gasteiger partial charge in [-0.25, -0.2) is 9.97 Å². The van der Waals surface area contributed by atoms with Gasteiger partial charge in [0.25, 0.3) is 5.91 Å². The fourth-order valence-corrected chi connectivity index (χ4v) is 3.28. The van der Waals surface area contributed by atoms with Crippen LogP contribution in [0.3, 0.4) is 0 Å². The van der Waals surface area contributed by atoms with E-state index in [4.69, 9.17) is 11.6 Å². The summed E-state index contributed by atoms with van der Waals surface area (Å²) in [7, 11) is 0. The molecule has 3 heterocycles. The lowest BCUT2D eigenvalue weighted by molar-refractivity contribution is 0.0979. The van der Waals surface area contributed by atoms with Crippen LogP contribution in [0.15, 0.2) is 41.5 Å². The molecule has 3 aromatic rings. The first-order valence-corrected chi connectivity index (χ1v) is 8.66. The number of amidine groups is 1. The van der Waals surface area contributed by atoms with E-state index in [1.807, 2.05) is 18.2 Å². The number of imidazole rings is 1. The third-order valence-electron chi connectivity index (χ3n) is 3.56. The molecule has 1 aliphatic heterocycles. The average molecular weight is 358 g/mol. The lowest BCUT2D eigenvalue weighted by Gasteiger charge is -2.04. The summed E-state index contributed by atoms with van der Waals surface area (Å²) in [4.78, 5) is 28.6. The summed E-state index contributed by atoms with van der Waals surface area (Å²) >= 11 is 7.36. The normalized spacial score (nSPS) is 14.0. The highest BCUT2D eigenvalue weighted by molar-refractivity contribution is 8.14. The zero-order valence-electron chi connectivity index (χ0n) is 12.4. The van der Waals surface area contributed by atoms with Crippen LogP contribution in [0, 0.1) is 0 Å². The molecule has 2 N–H and O–H groups in total. The molecule has 120 valence electrons. The SMILES string of the molecule is O=C(NC1=NCCS1)c1cccc2[nH]c(-c3ccc(Cl)nc3)nc12. The van der Waals surface area contributed by atoms with Crippen molar-refractivity contribution < 1.29 is 4.79 Å². The number of carbonyl (C=O) groups excluding carboxylic acids is 1. The molecule has 0 atom stereocenters. The summed E-state index contributed by atoms with van der Waals surface area (Å²) in [5.74, 6) is 1.33. The number of hydrogen-bond acceptors (Lipinski definition) is 5. The highest BCUT2D eigenvalue weighted by Crippen LogP contribution is 2.23. The topological polar surface area (TPSA) is 83.0 Å². The predicted molar refractivity (Wildman–Crippen MR) is 96.6 cm³/mol. The van der Waals surface area contributed by atoms with Crippen LogP contribution < -0.4 is 5.32 Å². The Morgan fingerprint density at radius 3 is 2.96 bits per heavy atom. The van der Waals surface area contributed by atoms with Crippen LogP contribution >= 0.6 is 23.4 Å². The molecule has 6 nitrogen and oxygen atoms in total. The standard InChI is InChI=1S/C16H12ClN5OS/c17-12-5-4-9(8-19-12)14-20-11-3-1-2-10(13(11)21-14)15(23)22-16-18-6-7-24-16/h1-5,8H,6-7H2,(H,20,21)(H,18,22,23). The van der Waals surface area contributed by atoms with Crippen molar-refractivity contribution in [3.05, 3.63) is 47.2 Å². The maximum atomic E-state index is 12.5. The minimum Gasteiger partial charge on any atom is -0.338 e. The van der Waals surface area contributed by atoms with Crippen LogP contribution in [0.25, 0.3) is 22.4 Å². The number of amides is 1. The first-order chi connectivity index (χ1) is 11.7. The Bertz CT molecular complexity index is 951. The highest BCUT2D eigenvalue weighted by atomic mass is 35.5. The molecule has 1 amide bonds. The number of halogens is 1. The summed E-state index contributed by atoms with van der Waals surface area (Å²) in [6.45, 7) is 0.737. The van der Waals surface area contributed by atoms with E-state index in [0.29, 0.717) is 27.2 Å². The van der Waals surface area contributed by atoms with Gasteiger partial charge in [-0.1, -0.05) is 29.4 Å². The van der Waals surface area contributed by atoms with Gasteiger partial charge in [-0.3, -0.25) is 9.79 Å². The van der Waals surface area contributed by atoms with Gasteiger partial charge < -0.3 is 10.3 Å². The summed E-state index contributed by atoms with van der Waals surface area (Å²) < 4.78 is 0. The van der Waals surface area contributed by atoms with Crippen molar-refractivity contribution in [1.82, 2.24) is 20.3 Å². The van der Waals surface area contributed by atoms with Crippen molar-refractivity contribution in [2.75, 3.05) is 12.3 Å². The van der Waals surface area contributed by atoms with Gasteiger partial charge in [0.1, 0.15) is 16.5 Å². The third kappa shape index (κ3) is 2.88. The van der Waals surface area contributed by atoms with E-state index in [0.717, 1.165) is 23.4 Å². The lowest BCUT2D eigenvalue weighted by Crippen LogP contribution is -2.27. The molecule has 0 unspecified atom stereocenters. The highest BCUT2D eigenvalue weighted by Gasteiger charge is 2.17. The average Bonchev–Trinajstić information content (AvgIpc) is 3.24. The molecule has 24 heavy (non-hydrogen) atoms. The van der Waals surface area contributed by atoms with Gasteiger partial charge in [0.2, 0.25) is 0 Å². The van der Waals surface area contributed by atoms with Crippen molar-refractivity contribution in [1.29, 1.82) is 0 Å². The van der Waals surface area contributed by atoms with Crippen molar-refractivity contribution >= 4 is 45.5 Å². The number of para-hydroxylation sites is 1. The Labute approximate surface area is 146 Å². The number of aromatic amines is 1. The Kier molecular flexibility index (Phi) is 3.95. The molecule has 8 heteroatoms. The van der Waals surface area contributed by atoms with E-state index >= 15 is 0 Å². The van der Waals surface area contributed by atoms with Crippen LogP contribution in [-0.2, 0) is 0 Å². The fourth-order valence-electron chi connectivity index (χ4n) is 2.44. The van der Waals surface area contributed by atoms with Crippen molar-refractivity contribution in [3.8, 4) is 11.4 Å². The number of rotatable bonds is 2. The molecule has 1 aromatic carbocycles. The van der Waals surface area contributed by atoms with Crippen LogP contribution in [-0.4, -0.2) is 38.3 Å². The molecule has 0 fully saturated rings. The molecule has 0 saturated heterocycles. The van der Waals surface area contributed by atoms with Crippen LogP contribution in [0.2, 0.25) is 5.15 Å². The number of aromatic nitrogens is 3. The van der Waals surface area contributed by atoms with Gasteiger partial charge in [-0.2, -0.15) is 0 Å². The van der Waals surface area contributed by atoms with E-state index in [-0.39, 0.29) is 5.91 Å². The number of H-pyrrole nitrogens is 1. The summed E-state index contributed by atoms with van der Waals surface area (Å²) in [5, 5.41) is 3.92. The number of hydrogen-bond donors (Lipinski definition) is 2. The summed E-state index contributed by atoms with van der Waals surface area (Å²) in [6, 6.07) is 8.99.